The number of alkyl halides is 2. The smallest absolute Gasteiger partial charge is 0.329 e. The minimum Gasteiger partial charge on any atom is -0.492 e. The van der Waals surface area contributed by atoms with Crippen LogP contribution in [0.25, 0.3) is 10.9 Å². The van der Waals surface area contributed by atoms with Crippen molar-refractivity contribution in [2.45, 2.75) is 37.3 Å². The Hall–Kier alpha value is -2.75. The molecule has 1 aromatic heterocycles. The molecule has 31 heavy (non-hydrogen) atoms. The first-order chi connectivity index (χ1) is 14.7. The van der Waals surface area contributed by atoms with E-state index in [9.17, 15) is 18.4 Å². The first-order valence-electron chi connectivity index (χ1n) is 10.3. The Labute approximate surface area is 175 Å². The standard InChI is InChI=1S/C21H23F3N4O3/c1-31-17-15-12(19(29)26-20(30)28(15)11-4-5-11)7-14(22)16(17)27-8-10-3-2-6-21(23,24)18(25)13(10)9-27/h2-3,7,10-11,13,18H,4-6,8-9,25H2,1H3,(H,26,29,30). The van der Waals surface area contributed by atoms with E-state index in [4.69, 9.17) is 10.5 Å². The maximum Gasteiger partial charge on any atom is 0.329 e. The lowest BCUT2D eigenvalue weighted by Gasteiger charge is -2.28. The summed E-state index contributed by atoms with van der Waals surface area (Å²) in [7, 11) is 1.34. The van der Waals surface area contributed by atoms with E-state index in [1.807, 2.05) is 0 Å². The lowest BCUT2D eigenvalue weighted by Crippen LogP contribution is -2.47. The van der Waals surface area contributed by atoms with Gasteiger partial charge in [0.05, 0.1) is 18.5 Å². The zero-order valence-corrected chi connectivity index (χ0v) is 16.9. The summed E-state index contributed by atoms with van der Waals surface area (Å²) < 4.78 is 50.9. The number of nitrogens with zero attached hydrogens (tertiary/aromatic N) is 2. The Kier molecular flexibility index (Phi) is 4.47. The highest BCUT2D eigenvalue weighted by Gasteiger charge is 2.49. The van der Waals surface area contributed by atoms with Crippen molar-refractivity contribution in [2.24, 2.45) is 17.6 Å². The second kappa shape index (κ2) is 6.88. The van der Waals surface area contributed by atoms with Gasteiger partial charge in [-0.2, -0.15) is 0 Å². The Bertz CT molecular complexity index is 1200. The summed E-state index contributed by atoms with van der Waals surface area (Å²) >= 11 is 0. The van der Waals surface area contributed by atoms with Crippen molar-refractivity contribution in [1.82, 2.24) is 9.55 Å². The molecule has 166 valence electrons. The Morgan fingerprint density at radius 2 is 2.00 bits per heavy atom. The molecule has 2 fully saturated rings. The topological polar surface area (TPSA) is 93.3 Å². The predicted molar refractivity (Wildman–Crippen MR) is 109 cm³/mol. The number of rotatable bonds is 3. The fourth-order valence-electron chi connectivity index (χ4n) is 4.98. The molecule has 1 saturated heterocycles. The molecule has 3 aliphatic rings. The summed E-state index contributed by atoms with van der Waals surface area (Å²) in [6.07, 6.45) is 4.28. The Balaban J connectivity index is 1.68. The minimum absolute atomic E-state index is 0.0149. The van der Waals surface area contributed by atoms with Crippen LogP contribution in [0.2, 0.25) is 0 Å². The highest BCUT2D eigenvalue weighted by molar-refractivity contribution is 5.91. The molecule has 1 saturated carbocycles. The molecule has 0 spiro atoms. The monoisotopic (exact) mass is 436 g/mol. The van der Waals surface area contributed by atoms with Crippen molar-refractivity contribution < 1.29 is 17.9 Å². The first kappa shape index (κ1) is 20.2. The Morgan fingerprint density at radius 1 is 1.26 bits per heavy atom. The predicted octanol–water partition coefficient (Wildman–Crippen LogP) is 2.15. The van der Waals surface area contributed by atoms with Crippen LogP contribution < -0.4 is 26.6 Å². The van der Waals surface area contributed by atoms with E-state index in [2.05, 4.69) is 4.98 Å². The van der Waals surface area contributed by atoms with Crippen LogP contribution in [0, 0.1) is 17.7 Å². The van der Waals surface area contributed by atoms with Crippen molar-refractivity contribution in [3.8, 4) is 5.75 Å². The van der Waals surface area contributed by atoms with Crippen molar-refractivity contribution in [3.63, 3.8) is 0 Å². The molecule has 0 radical (unpaired) electrons. The maximum atomic E-state index is 15.3. The molecule has 1 aliphatic heterocycles. The van der Waals surface area contributed by atoms with E-state index < -0.39 is 41.4 Å². The van der Waals surface area contributed by atoms with Crippen molar-refractivity contribution in [3.05, 3.63) is 44.9 Å². The lowest BCUT2D eigenvalue weighted by atomic mass is 9.88. The van der Waals surface area contributed by atoms with Crippen molar-refractivity contribution in [1.29, 1.82) is 0 Å². The molecule has 5 rings (SSSR count). The van der Waals surface area contributed by atoms with E-state index in [0.29, 0.717) is 0 Å². The molecule has 10 heteroatoms. The summed E-state index contributed by atoms with van der Waals surface area (Å²) in [6, 6.07) is -0.374. The number of aromatic nitrogens is 2. The molecule has 0 bridgehead atoms. The third-order valence-corrected chi connectivity index (χ3v) is 6.67. The summed E-state index contributed by atoms with van der Waals surface area (Å²) in [6.45, 7) is 0.391. The number of benzene rings is 1. The van der Waals surface area contributed by atoms with E-state index in [0.717, 1.165) is 18.9 Å². The van der Waals surface area contributed by atoms with E-state index in [1.165, 1.54) is 17.8 Å². The number of methoxy groups -OCH3 is 1. The molecular formula is C21H23F3N4O3. The minimum atomic E-state index is -3.04. The average molecular weight is 436 g/mol. The number of nitrogens with two attached hydrogens (primary N) is 1. The number of aromatic amines is 1. The van der Waals surface area contributed by atoms with Crippen LogP contribution in [-0.4, -0.2) is 41.7 Å². The van der Waals surface area contributed by atoms with Gasteiger partial charge in [0, 0.05) is 37.4 Å². The number of hydrogen-bond acceptors (Lipinski definition) is 5. The van der Waals surface area contributed by atoms with Gasteiger partial charge in [0.2, 0.25) is 0 Å². The molecular weight excluding hydrogens is 413 g/mol. The highest BCUT2D eigenvalue weighted by atomic mass is 19.3. The fraction of sp³-hybridized carbons (Fsp3) is 0.524. The molecule has 1 aromatic carbocycles. The summed E-state index contributed by atoms with van der Waals surface area (Å²) in [4.78, 5) is 28.8. The molecule has 0 amide bonds. The van der Waals surface area contributed by atoms with Gasteiger partial charge in [-0.15, -0.1) is 0 Å². The molecule has 2 aliphatic carbocycles. The van der Waals surface area contributed by atoms with Gasteiger partial charge in [-0.3, -0.25) is 14.3 Å². The van der Waals surface area contributed by atoms with Crippen LogP contribution in [0.1, 0.15) is 25.3 Å². The van der Waals surface area contributed by atoms with Crippen molar-refractivity contribution >= 4 is 16.6 Å². The van der Waals surface area contributed by atoms with Crippen LogP contribution >= 0.6 is 0 Å². The lowest BCUT2D eigenvalue weighted by molar-refractivity contribution is -0.0376. The van der Waals surface area contributed by atoms with Gasteiger partial charge in [-0.05, 0) is 18.9 Å². The maximum absolute atomic E-state index is 15.3. The second-order valence-corrected chi connectivity index (χ2v) is 8.65. The Morgan fingerprint density at radius 3 is 2.68 bits per heavy atom. The second-order valence-electron chi connectivity index (χ2n) is 8.65. The fourth-order valence-corrected chi connectivity index (χ4v) is 4.98. The van der Waals surface area contributed by atoms with Crippen LogP contribution in [0.4, 0.5) is 18.9 Å². The normalized spacial score (nSPS) is 27.4. The number of hydrogen-bond donors (Lipinski definition) is 2. The van der Waals surface area contributed by atoms with Gasteiger partial charge in [0.15, 0.2) is 11.6 Å². The number of allylic oxidation sites excluding steroid dienone is 1. The van der Waals surface area contributed by atoms with Gasteiger partial charge in [0.25, 0.3) is 11.5 Å². The molecule has 2 aromatic rings. The number of nitrogens with one attached hydrogen (secondary N) is 1. The van der Waals surface area contributed by atoms with Gasteiger partial charge >= 0.3 is 5.69 Å². The largest absolute Gasteiger partial charge is 0.492 e. The summed E-state index contributed by atoms with van der Waals surface area (Å²) in [5, 5.41) is 0.0149. The number of fused-ring (bicyclic) bond motifs is 2. The van der Waals surface area contributed by atoms with E-state index in [1.54, 1.807) is 11.0 Å². The van der Waals surface area contributed by atoms with Gasteiger partial charge < -0.3 is 15.4 Å². The van der Waals surface area contributed by atoms with Gasteiger partial charge in [0.1, 0.15) is 11.2 Å². The molecule has 3 N–H and O–H groups in total. The van der Waals surface area contributed by atoms with E-state index >= 15 is 4.39 Å². The van der Waals surface area contributed by atoms with E-state index in [-0.39, 0.29) is 47.4 Å². The average Bonchev–Trinajstić information content (AvgIpc) is 3.47. The quantitative estimate of drug-likeness (QED) is 0.720. The molecule has 7 nitrogen and oxygen atoms in total. The van der Waals surface area contributed by atoms with Crippen LogP contribution in [0.5, 0.6) is 5.75 Å². The van der Waals surface area contributed by atoms with Gasteiger partial charge in [-0.25, -0.2) is 18.0 Å². The highest BCUT2D eigenvalue weighted by Crippen LogP contribution is 2.46. The summed E-state index contributed by atoms with van der Waals surface area (Å²) in [5.41, 5.74) is 4.93. The SMILES string of the molecule is COc1c(N2CC3C=CCC(F)(F)C(N)C3C2)c(F)cc2c(=O)[nH]c(=O)n(C3CC3)c12. The van der Waals surface area contributed by atoms with Crippen LogP contribution in [0.3, 0.4) is 0 Å². The first-order valence-corrected chi connectivity index (χ1v) is 10.3. The molecule has 2 heterocycles. The third kappa shape index (κ3) is 3.07. The van der Waals surface area contributed by atoms with Crippen LogP contribution in [0.15, 0.2) is 27.8 Å². The molecule has 3 unspecified atom stereocenters. The number of halogens is 3. The van der Waals surface area contributed by atoms with Crippen LogP contribution in [-0.2, 0) is 0 Å². The number of anilines is 1. The number of ether oxygens (including phenoxy) is 1. The summed E-state index contributed by atoms with van der Waals surface area (Å²) in [5.74, 6) is -4.54. The zero-order valence-electron chi connectivity index (χ0n) is 16.9. The van der Waals surface area contributed by atoms with Crippen molar-refractivity contribution in [2.75, 3.05) is 25.1 Å². The van der Waals surface area contributed by atoms with Gasteiger partial charge in [-0.1, -0.05) is 12.2 Å². The zero-order chi connectivity index (χ0) is 22.1. The number of H-pyrrole nitrogens is 1. The molecule has 3 atom stereocenters. The third-order valence-electron chi connectivity index (χ3n) is 6.67.